The van der Waals surface area contributed by atoms with E-state index in [9.17, 15) is 4.79 Å². The van der Waals surface area contributed by atoms with Gasteiger partial charge >= 0.3 is 0 Å². The van der Waals surface area contributed by atoms with Crippen LogP contribution in [0.1, 0.15) is 52.4 Å². The molecule has 2 fully saturated rings. The van der Waals surface area contributed by atoms with Gasteiger partial charge in [0.1, 0.15) is 0 Å². The Labute approximate surface area is 105 Å². The molecular formula is C14H26N2O. The summed E-state index contributed by atoms with van der Waals surface area (Å²) in [7, 11) is 0. The number of carbonyl (C=O) groups is 1. The number of hydrogen-bond donors (Lipinski definition) is 1. The fraction of sp³-hybridized carbons (Fsp3) is 0.929. The molecule has 0 aromatic carbocycles. The molecule has 0 saturated carbocycles. The second-order valence-electron chi connectivity index (χ2n) is 5.91. The second-order valence-corrected chi connectivity index (χ2v) is 5.91. The summed E-state index contributed by atoms with van der Waals surface area (Å²) in [4.78, 5) is 14.5. The van der Waals surface area contributed by atoms with E-state index in [1.807, 2.05) is 0 Å². The average Bonchev–Trinajstić information content (AvgIpc) is 2.53. The van der Waals surface area contributed by atoms with E-state index < -0.39 is 0 Å². The normalized spacial score (nSPS) is 35.4. The molecule has 2 rings (SSSR count). The SMILES string of the molecule is CC1CCCN(C(=O)C2CCCC(C)N2)CC1. The molecule has 0 bridgehead atoms. The molecule has 1 amide bonds. The molecule has 2 heterocycles. The molecule has 0 aromatic rings. The van der Waals surface area contributed by atoms with Crippen LogP contribution in [0.2, 0.25) is 0 Å². The van der Waals surface area contributed by atoms with Gasteiger partial charge < -0.3 is 10.2 Å². The molecule has 3 atom stereocenters. The first-order chi connectivity index (χ1) is 8.16. The van der Waals surface area contributed by atoms with Crippen LogP contribution in [0.3, 0.4) is 0 Å². The van der Waals surface area contributed by atoms with Crippen molar-refractivity contribution in [3.8, 4) is 0 Å². The number of nitrogens with zero attached hydrogens (tertiary/aromatic N) is 1. The van der Waals surface area contributed by atoms with E-state index >= 15 is 0 Å². The highest BCUT2D eigenvalue weighted by Crippen LogP contribution is 2.19. The smallest absolute Gasteiger partial charge is 0.239 e. The molecule has 3 unspecified atom stereocenters. The molecule has 1 N–H and O–H groups in total. The quantitative estimate of drug-likeness (QED) is 0.759. The van der Waals surface area contributed by atoms with Gasteiger partial charge in [0.05, 0.1) is 6.04 Å². The van der Waals surface area contributed by atoms with E-state index in [1.54, 1.807) is 0 Å². The first-order valence-electron chi connectivity index (χ1n) is 7.21. The summed E-state index contributed by atoms with van der Waals surface area (Å²) in [5.41, 5.74) is 0. The van der Waals surface area contributed by atoms with Crippen LogP contribution in [0.15, 0.2) is 0 Å². The van der Waals surface area contributed by atoms with Gasteiger partial charge in [-0.05, 0) is 51.4 Å². The number of carbonyl (C=O) groups excluding carboxylic acids is 1. The molecular weight excluding hydrogens is 212 g/mol. The minimum absolute atomic E-state index is 0.0900. The van der Waals surface area contributed by atoms with Crippen molar-refractivity contribution in [2.45, 2.75) is 64.5 Å². The summed E-state index contributed by atoms with van der Waals surface area (Å²) in [5, 5.41) is 3.45. The van der Waals surface area contributed by atoms with Gasteiger partial charge in [0, 0.05) is 19.1 Å². The molecule has 2 saturated heterocycles. The Bertz CT molecular complexity index is 267. The summed E-state index contributed by atoms with van der Waals surface area (Å²) < 4.78 is 0. The lowest BCUT2D eigenvalue weighted by molar-refractivity contribution is -0.134. The number of hydrogen-bond acceptors (Lipinski definition) is 2. The highest BCUT2D eigenvalue weighted by Gasteiger charge is 2.28. The maximum atomic E-state index is 12.4. The Morgan fingerprint density at radius 2 is 1.88 bits per heavy atom. The van der Waals surface area contributed by atoms with Crippen LogP contribution >= 0.6 is 0 Å². The molecule has 2 aliphatic heterocycles. The van der Waals surface area contributed by atoms with Crippen molar-refractivity contribution >= 4 is 5.91 Å². The molecule has 17 heavy (non-hydrogen) atoms. The largest absolute Gasteiger partial charge is 0.341 e. The molecule has 0 spiro atoms. The predicted molar refractivity (Wildman–Crippen MR) is 69.8 cm³/mol. The average molecular weight is 238 g/mol. The minimum Gasteiger partial charge on any atom is -0.341 e. The van der Waals surface area contributed by atoms with Crippen LogP contribution in [0.5, 0.6) is 0 Å². The van der Waals surface area contributed by atoms with Gasteiger partial charge in [0.2, 0.25) is 5.91 Å². The zero-order valence-electron chi connectivity index (χ0n) is 11.2. The number of rotatable bonds is 1. The summed E-state index contributed by atoms with van der Waals surface area (Å²) in [6.07, 6.45) is 7.05. The van der Waals surface area contributed by atoms with Gasteiger partial charge in [0.25, 0.3) is 0 Å². The number of likely N-dealkylation sites (tertiary alicyclic amines) is 1. The Morgan fingerprint density at radius 1 is 1.06 bits per heavy atom. The van der Waals surface area contributed by atoms with Crippen LogP contribution in [-0.2, 0) is 4.79 Å². The first-order valence-corrected chi connectivity index (χ1v) is 7.21. The van der Waals surface area contributed by atoms with Gasteiger partial charge in [-0.1, -0.05) is 6.92 Å². The van der Waals surface area contributed by atoms with E-state index in [-0.39, 0.29) is 6.04 Å². The zero-order chi connectivity index (χ0) is 12.3. The van der Waals surface area contributed by atoms with E-state index in [2.05, 4.69) is 24.1 Å². The summed E-state index contributed by atoms with van der Waals surface area (Å²) in [6, 6.07) is 0.593. The number of piperidine rings is 1. The Kier molecular flexibility index (Phi) is 4.43. The maximum Gasteiger partial charge on any atom is 0.239 e. The van der Waals surface area contributed by atoms with Crippen LogP contribution in [0.4, 0.5) is 0 Å². The highest BCUT2D eigenvalue weighted by molar-refractivity contribution is 5.82. The minimum atomic E-state index is 0.0900. The molecule has 98 valence electrons. The zero-order valence-corrected chi connectivity index (χ0v) is 11.2. The maximum absolute atomic E-state index is 12.4. The van der Waals surface area contributed by atoms with Crippen LogP contribution in [0.25, 0.3) is 0 Å². The Balaban J connectivity index is 1.89. The summed E-state index contributed by atoms with van der Waals surface area (Å²) in [5.74, 6) is 1.14. The van der Waals surface area contributed by atoms with Crippen molar-refractivity contribution in [1.82, 2.24) is 10.2 Å². The van der Waals surface area contributed by atoms with Crippen molar-refractivity contribution in [2.75, 3.05) is 13.1 Å². The Morgan fingerprint density at radius 3 is 2.65 bits per heavy atom. The standard InChI is InChI=1S/C14H26N2O/c1-11-5-4-9-16(10-8-11)14(17)13-7-3-6-12(2)15-13/h11-13,15H,3-10H2,1-2H3. The summed E-state index contributed by atoms with van der Waals surface area (Å²) >= 11 is 0. The Hall–Kier alpha value is -0.570. The van der Waals surface area contributed by atoms with Gasteiger partial charge in [0.15, 0.2) is 0 Å². The van der Waals surface area contributed by atoms with E-state index in [4.69, 9.17) is 0 Å². The van der Waals surface area contributed by atoms with Crippen LogP contribution in [0, 0.1) is 5.92 Å². The third-order valence-electron chi connectivity index (χ3n) is 4.24. The number of amides is 1. The van der Waals surface area contributed by atoms with Crippen LogP contribution in [-0.4, -0.2) is 36.0 Å². The van der Waals surface area contributed by atoms with E-state index in [0.29, 0.717) is 11.9 Å². The van der Waals surface area contributed by atoms with Gasteiger partial charge in [-0.25, -0.2) is 0 Å². The van der Waals surface area contributed by atoms with Gasteiger partial charge in [-0.2, -0.15) is 0 Å². The first kappa shape index (κ1) is 12.9. The van der Waals surface area contributed by atoms with Crippen molar-refractivity contribution in [2.24, 2.45) is 5.92 Å². The van der Waals surface area contributed by atoms with Crippen molar-refractivity contribution in [1.29, 1.82) is 0 Å². The van der Waals surface area contributed by atoms with Gasteiger partial charge in [-0.15, -0.1) is 0 Å². The molecule has 0 aromatic heterocycles. The lowest BCUT2D eigenvalue weighted by Gasteiger charge is -2.32. The predicted octanol–water partition coefficient (Wildman–Crippen LogP) is 2.17. The molecule has 0 radical (unpaired) electrons. The highest BCUT2D eigenvalue weighted by atomic mass is 16.2. The monoisotopic (exact) mass is 238 g/mol. The molecule has 3 nitrogen and oxygen atoms in total. The van der Waals surface area contributed by atoms with E-state index in [0.717, 1.165) is 25.4 Å². The third-order valence-corrected chi connectivity index (χ3v) is 4.24. The van der Waals surface area contributed by atoms with Crippen molar-refractivity contribution in [3.05, 3.63) is 0 Å². The fourth-order valence-corrected chi connectivity index (χ4v) is 3.04. The van der Waals surface area contributed by atoms with E-state index in [1.165, 1.54) is 32.1 Å². The fourth-order valence-electron chi connectivity index (χ4n) is 3.04. The summed E-state index contributed by atoms with van der Waals surface area (Å²) in [6.45, 7) is 6.42. The van der Waals surface area contributed by atoms with Crippen molar-refractivity contribution < 1.29 is 4.79 Å². The lowest BCUT2D eigenvalue weighted by atomic mass is 9.98. The van der Waals surface area contributed by atoms with Crippen molar-refractivity contribution in [3.63, 3.8) is 0 Å². The molecule has 3 heteroatoms. The second kappa shape index (κ2) is 5.85. The topological polar surface area (TPSA) is 32.3 Å². The van der Waals surface area contributed by atoms with Crippen LogP contribution < -0.4 is 5.32 Å². The number of nitrogens with one attached hydrogen (secondary N) is 1. The lowest BCUT2D eigenvalue weighted by Crippen LogP contribution is -2.51. The molecule has 0 aliphatic carbocycles. The van der Waals surface area contributed by atoms with Gasteiger partial charge in [-0.3, -0.25) is 4.79 Å². The third kappa shape index (κ3) is 3.44. The molecule has 2 aliphatic rings.